The zero-order chi connectivity index (χ0) is 27.4. The molecule has 2 aliphatic heterocycles. The number of carbonyl (C=O) groups is 1. The van der Waals surface area contributed by atoms with Crippen LogP contribution < -0.4 is 14.2 Å². The molecule has 1 fully saturated rings. The lowest BCUT2D eigenvalue weighted by Gasteiger charge is -2.39. The van der Waals surface area contributed by atoms with Gasteiger partial charge in [0, 0.05) is 30.7 Å². The molecule has 2 heterocycles. The number of carboxylic acid groups (broad SMARTS) is 1. The Labute approximate surface area is 244 Å². The minimum absolute atomic E-state index is 0. The van der Waals surface area contributed by atoms with Crippen molar-refractivity contribution in [3.05, 3.63) is 87.9 Å². The topological polar surface area (TPSA) is 97.7 Å². The van der Waals surface area contributed by atoms with Gasteiger partial charge in [0.15, 0.2) is 0 Å². The number of β-amino-alcohol motifs (C(OH)–C–C–N with tert-alkyl or cyclic N) is 1. The summed E-state index contributed by atoms with van der Waals surface area (Å²) in [6.45, 7) is 2.79. The van der Waals surface area contributed by atoms with E-state index < -0.39 is 12.1 Å². The molecule has 0 aliphatic carbocycles. The average Bonchev–Trinajstić information content (AvgIpc) is 3.29. The number of methoxy groups -OCH3 is 1. The summed E-state index contributed by atoms with van der Waals surface area (Å²) >= 11 is 6.14. The number of piperidine rings is 1. The number of hydrogen-bond donors (Lipinski definition) is 2. The Morgan fingerprint density at radius 3 is 2.48 bits per heavy atom. The molecule has 1 spiro atoms. The molecule has 214 valence electrons. The van der Waals surface area contributed by atoms with E-state index in [0.29, 0.717) is 25.5 Å². The van der Waals surface area contributed by atoms with Crippen LogP contribution in [0.2, 0.25) is 5.02 Å². The van der Waals surface area contributed by atoms with Crippen molar-refractivity contribution in [2.75, 3.05) is 33.4 Å². The quantitative estimate of drug-likeness (QED) is 0.328. The second-order valence-corrected chi connectivity index (χ2v) is 10.4. The van der Waals surface area contributed by atoms with Crippen LogP contribution in [0.15, 0.2) is 60.7 Å². The van der Waals surface area contributed by atoms with Crippen LogP contribution in [0.5, 0.6) is 17.2 Å². The Bertz CT molecular complexity index is 1310. The van der Waals surface area contributed by atoms with E-state index >= 15 is 0 Å². The first kappa shape index (κ1) is 30.0. The summed E-state index contributed by atoms with van der Waals surface area (Å²) < 4.78 is 23.0. The van der Waals surface area contributed by atoms with Gasteiger partial charge in [0.2, 0.25) is 0 Å². The SMILES string of the molecule is COc1ccc(COc2ccc(C(=O)O)c(OC[C@@H](O)CN3CCC4(CC3)OCc3cc(Cl)ccc34)c2)cc1.Cl. The lowest BCUT2D eigenvalue weighted by Crippen LogP contribution is -2.46. The Morgan fingerprint density at radius 1 is 1.05 bits per heavy atom. The van der Waals surface area contributed by atoms with E-state index in [2.05, 4.69) is 11.0 Å². The minimum Gasteiger partial charge on any atom is -0.497 e. The molecule has 3 aromatic carbocycles. The molecule has 3 aromatic rings. The zero-order valence-electron chi connectivity index (χ0n) is 22.2. The van der Waals surface area contributed by atoms with Crippen LogP contribution in [-0.2, 0) is 23.6 Å². The van der Waals surface area contributed by atoms with Crippen molar-refractivity contribution in [2.45, 2.75) is 37.8 Å². The number of ether oxygens (including phenoxy) is 4. The third-order valence-corrected chi connectivity index (χ3v) is 7.61. The highest BCUT2D eigenvalue weighted by molar-refractivity contribution is 6.30. The van der Waals surface area contributed by atoms with Crippen LogP contribution in [0, 0.1) is 0 Å². The largest absolute Gasteiger partial charge is 0.497 e. The highest BCUT2D eigenvalue weighted by atomic mass is 35.5. The maximum atomic E-state index is 11.7. The summed E-state index contributed by atoms with van der Waals surface area (Å²) in [6, 6.07) is 18.0. The molecule has 10 heteroatoms. The number of hydrogen-bond acceptors (Lipinski definition) is 7. The van der Waals surface area contributed by atoms with Crippen molar-refractivity contribution in [1.82, 2.24) is 4.90 Å². The Balaban J connectivity index is 0.00000370. The summed E-state index contributed by atoms with van der Waals surface area (Å²) in [5.74, 6) is 0.270. The number of rotatable bonds is 10. The minimum atomic E-state index is -1.11. The molecule has 2 aliphatic rings. The van der Waals surface area contributed by atoms with E-state index in [4.69, 9.17) is 30.5 Å². The van der Waals surface area contributed by atoms with Gasteiger partial charge in [0.25, 0.3) is 0 Å². The molecule has 0 unspecified atom stereocenters. The predicted molar refractivity (Wildman–Crippen MR) is 153 cm³/mol. The fourth-order valence-electron chi connectivity index (χ4n) is 5.24. The van der Waals surface area contributed by atoms with E-state index in [1.807, 2.05) is 36.4 Å². The average molecular weight is 591 g/mol. The molecular weight excluding hydrogens is 557 g/mol. The first-order valence-corrected chi connectivity index (χ1v) is 13.3. The van der Waals surface area contributed by atoms with Gasteiger partial charge >= 0.3 is 5.97 Å². The highest BCUT2D eigenvalue weighted by Gasteiger charge is 2.42. The van der Waals surface area contributed by atoms with Crippen molar-refractivity contribution >= 4 is 30.0 Å². The maximum Gasteiger partial charge on any atom is 0.339 e. The van der Waals surface area contributed by atoms with E-state index in [-0.39, 0.29) is 35.9 Å². The standard InChI is InChI=1S/C30H32ClNO7.ClH/c1-36-24-5-2-20(3-6-24)17-37-25-7-8-26(29(34)35)28(15-25)38-19-23(33)16-32-12-10-30(11-13-32)27-9-4-22(31)14-21(27)18-39-30;/h2-9,14-15,23,33H,10-13,16-19H2,1H3,(H,34,35);1H/t23-;/m0./s1. The van der Waals surface area contributed by atoms with E-state index in [1.165, 1.54) is 11.6 Å². The molecular formula is C30H33Cl2NO7. The fraction of sp³-hybridized carbons (Fsp3) is 0.367. The number of nitrogens with zero attached hydrogens (tertiary/aromatic N) is 1. The van der Waals surface area contributed by atoms with Crippen LogP contribution in [-0.4, -0.2) is 60.5 Å². The molecule has 0 amide bonds. The van der Waals surface area contributed by atoms with Gasteiger partial charge in [-0.3, -0.25) is 0 Å². The lowest BCUT2D eigenvalue weighted by molar-refractivity contribution is -0.0835. The number of halogens is 2. The van der Waals surface area contributed by atoms with Gasteiger partial charge in [-0.2, -0.15) is 0 Å². The van der Waals surface area contributed by atoms with E-state index in [1.54, 1.807) is 19.2 Å². The Morgan fingerprint density at radius 2 is 1.77 bits per heavy atom. The van der Waals surface area contributed by atoms with Crippen LogP contribution in [0.25, 0.3) is 0 Å². The summed E-state index contributed by atoms with van der Waals surface area (Å²) in [6.07, 6.45) is 0.859. The molecule has 0 aromatic heterocycles. The van der Waals surface area contributed by atoms with E-state index in [0.717, 1.165) is 47.8 Å². The lowest BCUT2D eigenvalue weighted by atomic mass is 9.84. The third-order valence-electron chi connectivity index (χ3n) is 7.37. The predicted octanol–water partition coefficient (Wildman–Crippen LogP) is 5.31. The van der Waals surface area contributed by atoms with Crippen molar-refractivity contribution in [3.63, 3.8) is 0 Å². The van der Waals surface area contributed by atoms with Gasteiger partial charge in [0.05, 0.1) is 19.3 Å². The number of aromatic carboxylic acids is 1. The summed E-state index contributed by atoms with van der Waals surface area (Å²) in [7, 11) is 1.61. The van der Waals surface area contributed by atoms with Gasteiger partial charge < -0.3 is 34.1 Å². The molecule has 8 nitrogen and oxygen atoms in total. The fourth-order valence-corrected chi connectivity index (χ4v) is 5.44. The Kier molecular flexibility index (Phi) is 9.81. The van der Waals surface area contributed by atoms with Gasteiger partial charge in [-0.1, -0.05) is 29.8 Å². The number of aliphatic hydroxyl groups is 1. The van der Waals surface area contributed by atoms with Gasteiger partial charge in [-0.15, -0.1) is 12.4 Å². The number of benzene rings is 3. The summed E-state index contributed by atoms with van der Waals surface area (Å²) in [5, 5.41) is 21.0. The molecule has 40 heavy (non-hydrogen) atoms. The van der Waals surface area contributed by atoms with Crippen molar-refractivity contribution in [1.29, 1.82) is 0 Å². The molecule has 5 rings (SSSR count). The van der Waals surface area contributed by atoms with Gasteiger partial charge in [-0.05, 0) is 65.9 Å². The maximum absolute atomic E-state index is 11.7. The Hall–Kier alpha value is -3.01. The van der Waals surface area contributed by atoms with Crippen molar-refractivity contribution in [2.24, 2.45) is 0 Å². The van der Waals surface area contributed by atoms with Gasteiger partial charge in [-0.25, -0.2) is 4.79 Å². The molecule has 0 bridgehead atoms. The third kappa shape index (κ3) is 6.82. The van der Waals surface area contributed by atoms with Crippen LogP contribution in [0.4, 0.5) is 0 Å². The van der Waals surface area contributed by atoms with E-state index in [9.17, 15) is 15.0 Å². The number of likely N-dealkylation sites (tertiary alicyclic amines) is 1. The van der Waals surface area contributed by atoms with Crippen molar-refractivity contribution < 1.29 is 34.0 Å². The van der Waals surface area contributed by atoms with Crippen LogP contribution in [0.1, 0.15) is 39.9 Å². The second-order valence-electron chi connectivity index (χ2n) is 9.95. The molecule has 2 N–H and O–H groups in total. The zero-order valence-corrected chi connectivity index (χ0v) is 23.7. The smallest absolute Gasteiger partial charge is 0.339 e. The second kappa shape index (κ2) is 13.1. The first-order chi connectivity index (χ1) is 18.8. The van der Waals surface area contributed by atoms with Crippen LogP contribution in [0.3, 0.4) is 0 Å². The molecule has 1 saturated heterocycles. The number of carboxylic acids is 1. The number of aliphatic hydroxyl groups excluding tert-OH is 1. The highest BCUT2D eigenvalue weighted by Crippen LogP contribution is 2.44. The summed E-state index contributed by atoms with van der Waals surface area (Å²) in [4.78, 5) is 13.9. The molecule has 1 atom stereocenters. The molecule has 0 saturated carbocycles. The first-order valence-electron chi connectivity index (χ1n) is 12.9. The normalized spacial score (nSPS) is 16.6. The summed E-state index contributed by atoms with van der Waals surface area (Å²) in [5.41, 5.74) is 3.02. The number of fused-ring (bicyclic) bond motifs is 2. The van der Waals surface area contributed by atoms with Gasteiger partial charge in [0.1, 0.15) is 42.1 Å². The van der Waals surface area contributed by atoms with Crippen molar-refractivity contribution in [3.8, 4) is 17.2 Å². The van der Waals surface area contributed by atoms with Crippen LogP contribution >= 0.6 is 24.0 Å². The molecule has 0 radical (unpaired) electrons. The monoisotopic (exact) mass is 589 g/mol.